The molecule has 2 nitrogen and oxygen atoms in total. The van der Waals surface area contributed by atoms with Crippen LogP contribution in [0, 0.1) is 17.7 Å². The monoisotopic (exact) mass is 311 g/mol. The van der Waals surface area contributed by atoms with Crippen LogP contribution in [0.15, 0.2) is 18.2 Å². The van der Waals surface area contributed by atoms with Gasteiger partial charge in [-0.3, -0.25) is 0 Å². The molecule has 1 heterocycles. The van der Waals surface area contributed by atoms with Gasteiger partial charge >= 0.3 is 0 Å². The third kappa shape index (κ3) is 3.51. The first-order valence-corrected chi connectivity index (χ1v) is 8.45. The summed E-state index contributed by atoms with van der Waals surface area (Å²) in [5.74, 6) is 1.18. The molecule has 0 spiro atoms. The molecule has 1 saturated heterocycles. The highest BCUT2D eigenvalue weighted by atomic mass is 35.5. The van der Waals surface area contributed by atoms with Crippen LogP contribution in [0.5, 0.6) is 5.75 Å². The lowest BCUT2D eigenvalue weighted by Gasteiger charge is -2.34. The molecule has 0 amide bonds. The van der Waals surface area contributed by atoms with E-state index in [1.54, 1.807) is 12.1 Å². The van der Waals surface area contributed by atoms with Crippen LogP contribution in [-0.2, 0) is 0 Å². The van der Waals surface area contributed by atoms with Gasteiger partial charge in [0.15, 0.2) is 0 Å². The van der Waals surface area contributed by atoms with Gasteiger partial charge in [-0.1, -0.05) is 36.9 Å². The molecule has 116 valence electrons. The second kappa shape index (κ2) is 6.97. The van der Waals surface area contributed by atoms with E-state index in [-0.39, 0.29) is 11.1 Å². The van der Waals surface area contributed by atoms with Gasteiger partial charge in [-0.15, -0.1) is 0 Å². The smallest absolute Gasteiger partial charge is 0.145 e. The highest BCUT2D eigenvalue weighted by Gasteiger charge is 2.34. The van der Waals surface area contributed by atoms with Crippen LogP contribution < -0.4 is 10.1 Å². The molecule has 4 heteroatoms. The Hall–Kier alpha value is -0.800. The molecule has 0 bridgehead atoms. The molecule has 2 aliphatic rings. The first-order chi connectivity index (χ1) is 10.3. The summed E-state index contributed by atoms with van der Waals surface area (Å²) in [5, 5.41) is 3.53. The Morgan fingerprint density at radius 1 is 1.14 bits per heavy atom. The summed E-state index contributed by atoms with van der Waals surface area (Å²) >= 11 is 6.07. The fourth-order valence-electron chi connectivity index (χ4n) is 3.72. The Labute approximate surface area is 131 Å². The summed E-state index contributed by atoms with van der Waals surface area (Å²) in [6.07, 6.45) is 7.60. The molecule has 1 aliphatic carbocycles. The minimum atomic E-state index is -0.402. The molecule has 1 N–H and O–H groups in total. The Morgan fingerprint density at radius 3 is 2.67 bits per heavy atom. The van der Waals surface area contributed by atoms with Gasteiger partial charge < -0.3 is 10.1 Å². The van der Waals surface area contributed by atoms with Crippen molar-refractivity contribution in [2.45, 2.75) is 44.6 Å². The molecule has 1 aliphatic heterocycles. The molecule has 1 aromatic rings. The molecule has 2 atom stereocenters. The zero-order valence-electron chi connectivity index (χ0n) is 12.3. The highest BCUT2D eigenvalue weighted by Crippen LogP contribution is 2.36. The first-order valence-electron chi connectivity index (χ1n) is 8.07. The van der Waals surface area contributed by atoms with Crippen LogP contribution in [0.1, 0.15) is 38.5 Å². The highest BCUT2D eigenvalue weighted by molar-refractivity contribution is 6.32. The van der Waals surface area contributed by atoms with E-state index in [0.29, 0.717) is 17.6 Å². The normalized spacial score (nSPS) is 25.0. The molecule has 21 heavy (non-hydrogen) atoms. The molecule has 3 rings (SSSR count). The number of nitrogens with one attached hydrogen (secondary N) is 1. The van der Waals surface area contributed by atoms with Crippen molar-refractivity contribution in [3.05, 3.63) is 29.0 Å². The number of hydrogen-bond donors (Lipinski definition) is 1. The molecular weight excluding hydrogens is 289 g/mol. The Kier molecular flexibility index (Phi) is 5.02. The van der Waals surface area contributed by atoms with Crippen molar-refractivity contribution in [1.82, 2.24) is 5.32 Å². The van der Waals surface area contributed by atoms with Gasteiger partial charge in [-0.25, -0.2) is 4.39 Å². The lowest BCUT2D eigenvalue weighted by Crippen LogP contribution is -2.37. The lowest BCUT2D eigenvalue weighted by atomic mass is 9.80. The molecule has 0 aromatic heterocycles. The van der Waals surface area contributed by atoms with E-state index in [4.69, 9.17) is 16.3 Å². The average molecular weight is 312 g/mol. The maximum atomic E-state index is 13.6. The van der Waals surface area contributed by atoms with Gasteiger partial charge in [0.1, 0.15) is 22.7 Å². The van der Waals surface area contributed by atoms with Crippen molar-refractivity contribution in [2.75, 3.05) is 13.1 Å². The maximum absolute atomic E-state index is 13.6. The first kappa shape index (κ1) is 15.1. The fraction of sp³-hybridized carbons (Fsp3) is 0.647. The topological polar surface area (TPSA) is 21.3 Å². The lowest BCUT2D eigenvalue weighted by molar-refractivity contribution is 0.0620. The van der Waals surface area contributed by atoms with Gasteiger partial charge in [0.2, 0.25) is 0 Å². The van der Waals surface area contributed by atoms with E-state index in [9.17, 15) is 4.39 Å². The molecule has 1 saturated carbocycles. The Bertz CT molecular complexity index is 470. The van der Waals surface area contributed by atoms with E-state index in [0.717, 1.165) is 19.5 Å². The SMILES string of the molecule is Fc1cccc(O[C@H](C2CCCCC2)[C@H]2CCNC2)c1Cl. The molecule has 2 fully saturated rings. The third-order valence-corrected chi connectivity index (χ3v) is 5.22. The van der Waals surface area contributed by atoms with Gasteiger partial charge in [0.05, 0.1) is 0 Å². The zero-order chi connectivity index (χ0) is 14.7. The van der Waals surface area contributed by atoms with E-state index in [1.807, 2.05) is 0 Å². The van der Waals surface area contributed by atoms with Crippen LogP contribution in [0.25, 0.3) is 0 Å². The number of benzene rings is 1. The Balaban J connectivity index is 1.79. The van der Waals surface area contributed by atoms with Gasteiger partial charge in [0.25, 0.3) is 0 Å². The third-order valence-electron chi connectivity index (χ3n) is 4.86. The van der Waals surface area contributed by atoms with Crippen LogP contribution in [0.4, 0.5) is 4.39 Å². The quantitative estimate of drug-likeness (QED) is 0.889. The number of halogens is 2. The molecule has 0 unspecified atom stereocenters. The van der Waals surface area contributed by atoms with Gasteiger partial charge in [-0.05, 0) is 43.9 Å². The maximum Gasteiger partial charge on any atom is 0.145 e. The van der Waals surface area contributed by atoms with Crippen molar-refractivity contribution in [3.63, 3.8) is 0 Å². The minimum absolute atomic E-state index is 0.115. The van der Waals surface area contributed by atoms with Crippen LogP contribution in [-0.4, -0.2) is 19.2 Å². The summed E-state index contributed by atoms with van der Waals surface area (Å²) in [6, 6.07) is 4.83. The summed E-state index contributed by atoms with van der Waals surface area (Å²) in [6.45, 7) is 2.04. The van der Waals surface area contributed by atoms with Crippen LogP contribution >= 0.6 is 11.6 Å². The molecule has 0 radical (unpaired) electrons. The predicted octanol–water partition coefficient (Wildman–Crippen LogP) is 4.42. The van der Waals surface area contributed by atoms with Crippen molar-refractivity contribution in [3.8, 4) is 5.75 Å². The minimum Gasteiger partial charge on any atom is -0.488 e. The second-order valence-corrected chi connectivity index (χ2v) is 6.66. The van der Waals surface area contributed by atoms with E-state index < -0.39 is 5.82 Å². The molecular formula is C17H23ClFNO. The van der Waals surface area contributed by atoms with E-state index >= 15 is 0 Å². The van der Waals surface area contributed by atoms with Crippen molar-refractivity contribution in [1.29, 1.82) is 0 Å². The van der Waals surface area contributed by atoms with Crippen LogP contribution in [0.2, 0.25) is 5.02 Å². The van der Waals surface area contributed by atoms with Gasteiger partial charge in [0, 0.05) is 12.5 Å². The van der Waals surface area contributed by atoms with Crippen molar-refractivity contribution >= 4 is 11.6 Å². The number of ether oxygens (including phenoxy) is 1. The van der Waals surface area contributed by atoms with Gasteiger partial charge in [-0.2, -0.15) is 0 Å². The molecule has 1 aromatic carbocycles. The average Bonchev–Trinajstić information content (AvgIpc) is 3.04. The second-order valence-electron chi connectivity index (χ2n) is 6.29. The predicted molar refractivity (Wildman–Crippen MR) is 83.4 cm³/mol. The standard InChI is InChI=1S/C17H23ClFNO/c18-16-14(19)7-4-8-15(16)21-17(13-9-10-20-11-13)12-5-2-1-3-6-12/h4,7-8,12-13,17,20H,1-3,5-6,9-11H2/t13-,17+/m0/s1. The Morgan fingerprint density at radius 2 is 1.95 bits per heavy atom. The number of hydrogen-bond acceptors (Lipinski definition) is 2. The fourth-order valence-corrected chi connectivity index (χ4v) is 3.89. The largest absolute Gasteiger partial charge is 0.488 e. The summed E-state index contributed by atoms with van der Waals surface area (Å²) in [7, 11) is 0. The van der Waals surface area contributed by atoms with E-state index in [2.05, 4.69) is 5.32 Å². The van der Waals surface area contributed by atoms with Crippen molar-refractivity contribution in [2.24, 2.45) is 11.8 Å². The van der Waals surface area contributed by atoms with Crippen molar-refractivity contribution < 1.29 is 9.13 Å². The number of rotatable bonds is 4. The zero-order valence-corrected chi connectivity index (χ0v) is 13.0. The summed E-state index contributed by atoms with van der Waals surface area (Å²) in [5.41, 5.74) is 0. The summed E-state index contributed by atoms with van der Waals surface area (Å²) in [4.78, 5) is 0. The van der Waals surface area contributed by atoms with Crippen LogP contribution in [0.3, 0.4) is 0 Å². The summed E-state index contributed by atoms with van der Waals surface area (Å²) < 4.78 is 19.9. The van der Waals surface area contributed by atoms with E-state index in [1.165, 1.54) is 38.2 Å².